The van der Waals surface area contributed by atoms with E-state index in [0.717, 1.165) is 23.4 Å². The van der Waals surface area contributed by atoms with Crippen LogP contribution < -0.4 is 10.6 Å². The van der Waals surface area contributed by atoms with E-state index in [-0.39, 0.29) is 0 Å². The number of aryl methyl sites for hydroxylation is 1. The van der Waals surface area contributed by atoms with E-state index >= 15 is 0 Å². The van der Waals surface area contributed by atoms with Gasteiger partial charge >= 0.3 is 0 Å². The summed E-state index contributed by atoms with van der Waals surface area (Å²) < 4.78 is 5.60. The van der Waals surface area contributed by atoms with E-state index in [9.17, 15) is 0 Å². The normalized spacial score (nSPS) is 11.1. The second-order valence-electron chi connectivity index (χ2n) is 6.37. The molecule has 6 nitrogen and oxygen atoms in total. The average molecular weight is 373 g/mol. The van der Waals surface area contributed by atoms with Crippen LogP contribution in [0.5, 0.6) is 0 Å². The van der Waals surface area contributed by atoms with Crippen LogP contribution in [-0.4, -0.2) is 17.5 Å². The number of benzene rings is 2. The Hall–Kier alpha value is -3.59. The molecule has 0 saturated carbocycles. The van der Waals surface area contributed by atoms with E-state index in [2.05, 4.69) is 26.7 Å². The summed E-state index contributed by atoms with van der Waals surface area (Å²) in [6.07, 6.45) is 1.66. The van der Waals surface area contributed by atoms with Gasteiger partial charge in [-0.3, -0.25) is 0 Å². The van der Waals surface area contributed by atoms with Gasteiger partial charge in [-0.1, -0.05) is 29.8 Å². The third-order valence-electron chi connectivity index (χ3n) is 4.13. The maximum atomic E-state index is 8.87. The van der Waals surface area contributed by atoms with Crippen molar-refractivity contribution in [1.82, 2.24) is 15.6 Å². The predicted octanol–water partition coefficient (Wildman–Crippen LogP) is 3.78. The van der Waals surface area contributed by atoms with Crippen molar-refractivity contribution in [2.75, 3.05) is 6.54 Å². The quantitative estimate of drug-likeness (QED) is 0.507. The van der Waals surface area contributed by atoms with Crippen molar-refractivity contribution in [3.8, 4) is 17.5 Å². The van der Waals surface area contributed by atoms with Crippen LogP contribution in [0.1, 0.15) is 29.3 Å². The summed E-state index contributed by atoms with van der Waals surface area (Å²) in [6.45, 7) is 5.86. The Bertz CT molecular complexity index is 965. The highest BCUT2D eigenvalue weighted by Gasteiger charge is 2.07. The lowest BCUT2D eigenvalue weighted by Gasteiger charge is -2.10. The summed E-state index contributed by atoms with van der Waals surface area (Å²) in [4.78, 5) is 9.12. The van der Waals surface area contributed by atoms with E-state index in [1.807, 2.05) is 50.2 Å². The molecule has 3 aromatic rings. The number of aliphatic imine (C=N–C) groups is 1. The molecule has 0 aliphatic heterocycles. The monoisotopic (exact) mass is 373 g/mol. The first-order chi connectivity index (χ1) is 13.7. The predicted molar refractivity (Wildman–Crippen MR) is 109 cm³/mol. The van der Waals surface area contributed by atoms with Crippen LogP contribution in [0.4, 0.5) is 0 Å². The summed E-state index contributed by atoms with van der Waals surface area (Å²) >= 11 is 0. The smallest absolute Gasteiger partial charge is 0.226 e. The Kier molecular flexibility index (Phi) is 6.42. The van der Waals surface area contributed by atoms with Crippen molar-refractivity contribution in [1.29, 1.82) is 5.26 Å². The molecular formula is C22H23N5O. The first kappa shape index (κ1) is 19.2. The lowest BCUT2D eigenvalue weighted by Crippen LogP contribution is -2.36. The number of nitrogens with zero attached hydrogens (tertiary/aromatic N) is 3. The minimum absolute atomic E-state index is 0.508. The Morgan fingerprint density at radius 2 is 1.86 bits per heavy atom. The highest BCUT2D eigenvalue weighted by Crippen LogP contribution is 2.19. The zero-order chi connectivity index (χ0) is 19.8. The number of nitriles is 1. The minimum Gasteiger partial charge on any atom is -0.444 e. The molecule has 142 valence electrons. The molecule has 0 amide bonds. The summed E-state index contributed by atoms with van der Waals surface area (Å²) in [5.41, 5.74) is 4.65. The van der Waals surface area contributed by atoms with Gasteiger partial charge in [0.05, 0.1) is 30.4 Å². The van der Waals surface area contributed by atoms with Crippen LogP contribution in [0.3, 0.4) is 0 Å². The standard InChI is InChI=1S/C22H23N5O/c1-3-24-22(25-13-18-8-6-17(12-23)7-9-18)26-14-20-15-28-21(27-20)19-10-4-16(2)5-11-19/h4-11,15H,3,13-14H2,1-2H3,(H2,24,25,26). The van der Waals surface area contributed by atoms with Crippen molar-refractivity contribution in [3.05, 3.63) is 77.2 Å². The van der Waals surface area contributed by atoms with Crippen molar-refractivity contribution in [2.24, 2.45) is 4.99 Å². The zero-order valence-electron chi connectivity index (χ0n) is 16.1. The number of aromatic nitrogens is 1. The van der Waals surface area contributed by atoms with Gasteiger partial charge in [-0.05, 0) is 43.7 Å². The van der Waals surface area contributed by atoms with Gasteiger partial charge in [0.25, 0.3) is 0 Å². The van der Waals surface area contributed by atoms with Crippen LogP contribution in [-0.2, 0) is 13.1 Å². The van der Waals surface area contributed by atoms with Crippen molar-refractivity contribution >= 4 is 5.96 Å². The summed E-state index contributed by atoms with van der Waals surface area (Å²) in [5.74, 6) is 1.31. The molecule has 0 fully saturated rings. The van der Waals surface area contributed by atoms with Gasteiger partial charge in [-0.25, -0.2) is 9.98 Å². The molecule has 0 aliphatic carbocycles. The number of rotatable bonds is 6. The summed E-state index contributed by atoms with van der Waals surface area (Å²) in [6, 6.07) is 17.6. The van der Waals surface area contributed by atoms with Crippen LogP contribution >= 0.6 is 0 Å². The van der Waals surface area contributed by atoms with Gasteiger partial charge in [0.2, 0.25) is 5.89 Å². The molecule has 6 heteroatoms. The van der Waals surface area contributed by atoms with Crippen molar-refractivity contribution in [3.63, 3.8) is 0 Å². The molecule has 0 saturated heterocycles. The van der Waals surface area contributed by atoms with Gasteiger partial charge in [0, 0.05) is 12.1 Å². The average Bonchev–Trinajstić information content (AvgIpc) is 3.20. The molecular weight excluding hydrogens is 350 g/mol. The van der Waals surface area contributed by atoms with E-state index in [1.165, 1.54) is 5.56 Å². The molecule has 0 radical (unpaired) electrons. The first-order valence-electron chi connectivity index (χ1n) is 9.20. The maximum Gasteiger partial charge on any atom is 0.226 e. The molecule has 0 unspecified atom stereocenters. The highest BCUT2D eigenvalue weighted by molar-refractivity contribution is 5.79. The molecule has 3 rings (SSSR count). The Labute approximate surface area is 165 Å². The van der Waals surface area contributed by atoms with E-state index in [1.54, 1.807) is 18.4 Å². The van der Waals surface area contributed by atoms with E-state index in [0.29, 0.717) is 30.5 Å². The summed E-state index contributed by atoms with van der Waals surface area (Å²) in [7, 11) is 0. The fourth-order valence-electron chi connectivity index (χ4n) is 2.59. The second-order valence-corrected chi connectivity index (χ2v) is 6.37. The molecule has 0 spiro atoms. The fraction of sp³-hybridized carbons (Fsp3) is 0.227. The van der Waals surface area contributed by atoms with Crippen LogP contribution in [0, 0.1) is 18.3 Å². The van der Waals surface area contributed by atoms with E-state index < -0.39 is 0 Å². The number of hydrogen-bond donors (Lipinski definition) is 2. The number of hydrogen-bond acceptors (Lipinski definition) is 4. The molecule has 1 aromatic heterocycles. The molecule has 2 N–H and O–H groups in total. The lowest BCUT2D eigenvalue weighted by molar-refractivity contribution is 0.572. The van der Waals surface area contributed by atoms with Crippen molar-refractivity contribution in [2.45, 2.75) is 26.9 Å². The van der Waals surface area contributed by atoms with Gasteiger partial charge in [-0.2, -0.15) is 5.26 Å². The van der Waals surface area contributed by atoms with Crippen LogP contribution in [0.15, 0.2) is 64.2 Å². The minimum atomic E-state index is 0.508. The van der Waals surface area contributed by atoms with Gasteiger partial charge in [0.15, 0.2) is 5.96 Å². The Morgan fingerprint density at radius 3 is 2.54 bits per heavy atom. The number of oxazole rings is 1. The van der Waals surface area contributed by atoms with Gasteiger partial charge in [0.1, 0.15) is 6.26 Å². The van der Waals surface area contributed by atoms with Crippen molar-refractivity contribution < 1.29 is 4.42 Å². The van der Waals surface area contributed by atoms with Crippen LogP contribution in [0.2, 0.25) is 0 Å². The topological polar surface area (TPSA) is 86.2 Å². The number of guanidine groups is 1. The first-order valence-corrected chi connectivity index (χ1v) is 9.20. The fourth-order valence-corrected chi connectivity index (χ4v) is 2.59. The Morgan fingerprint density at radius 1 is 1.11 bits per heavy atom. The molecule has 1 heterocycles. The SMILES string of the molecule is CCNC(=NCc1ccc(C#N)cc1)NCc1coc(-c2ccc(C)cc2)n1. The second kappa shape index (κ2) is 9.38. The molecule has 0 bridgehead atoms. The molecule has 0 aliphatic rings. The molecule has 2 aromatic carbocycles. The maximum absolute atomic E-state index is 8.87. The van der Waals surface area contributed by atoms with Crippen LogP contribution in [0.25, 0.3) is 11.5 Å². The van der Waals surface area contributed by atoms with Gasteiger partial charge < -0.3 is 15.1 Å². The van der Waals surface area contributed by atoms with E-state index in [4.69, 9.17) is 9.68 Å². The highest BCUT2D eigenvalue weighted by atomic mass is 16.3. The summed E-state index contributed by atoms with van der Waals surface area (Å²) in [5, 5.41) is 15.4. The molecule has 28 heavy (non-hydrogen) atoms. The van der Waals surface area contributed by atoms with Gasteiger partial charge in [-0.15, -0.1) is 0 Å². The third-order valence-corrected chi connectivity index (χ3v) is 4.13. The largest absolute Gasteiger partial charge is 0.444 e. The molecule has 0 atom stereocenters. The lowest BCUT2D eigenvalue weighted by atomic mass is 10.1. The zero-order valence-corrected chi connectivity index (χ0v) is 16.1. The number of nitrogens with one attached hydrogen (secondary N) is 2. The Balaban J connectivity index is 1.61. The third kappa shape index (κ3) is 5.21.